The molecule has 1 fully saturated rings. The summed E-state index contributed by atoms with van der Waals surface area (Å²) in [4.78, 5) is 23.6. The minimum absolute atomic E-state index is 0.00249. The van der Waals surface area contributed by atoms with Crippen molar-refractivity contribution >= 4 is 11.8 Å². The van der Waals surface area contributed by atoms with E-state index in [-0.39, 0.29) is 11.8 Å². The fraction of sp³-hybridized carbons (Fsp3) is 0.500. The molecule has 114 valence electrons. The lowest BCUT2D eigenvalue weighted by molar-refractivity contribution is -0.124. The molecule has 1 aliphatic carbocycles. The third-order valence-electron chi connectivity index (χ3n) is 4.06. The Hall–Kier alpha value is -2.04. The van der Waals surface area contributed by atoms with Crippen molar-refractivity contribution < 1.29 is 14.3 Å². The van der Waals surface area contributed by atoms with Gasteiger partial charge in [0.05, 0.1) is 12.5 Å². The van der Waals surface area contributed by atoms with Crippen LogP contribution in [0.3, 0.4) is 0 Å². The average molecular weight is 290 g/mol. The van der Waals surface area contributed by atoms with Crippen LogP contribution in [0.1, 0.15) is 30.4 Å². The van der Waals surface area contributed by atoms with Crippen molar-refractivity contribution in [1.82, 2.24) is 10.6 Å². The highest BCUT2D eigenvalue weighted by atomic mass is 16.5. The van der Waals surface area contributed by atoms with E-state index >= 15 is 0 Å². The SMILES string of the molecule is CNC(=O)CCNC(=O)C1(c2ccc(C)c(OC)c2)CC1. The molecule has 0 saturated heterocycles. The molecule has 0 aliphatic heterocycles. The van der Waals surface area contributed by atoms with Gasteiger partial charge in [-0.1, -0.05) is 12.1 Å². The maximum absolute atomic E-state index is 12.4. The molecule has 1 aromatic carbocycles. The van der Waals surface area contributed by atoms with Gasteiger partial charge in [-0.3, -0.25) is 9.59 Å². The summed E-state index contributed by atoms with van der Waals surface area (Å²) in [7, 11) is 3.22. The van der Waals surface area contributed by atoms with E-state index in [9.17, 15) is 9.59 Å². The summed E-state index contributed by atoms with van der Waals surface area (Å²) in [5, 5.41) is 5.40. The first-order valence-electron chi connectivity index (χ1n) is 7.17. The second kappa shape index (κ2) is 6.16. The van der Waals surface area contributed by atoms with Crippen molar-refractivity contribution in [3.05, 3.63) is 29.3 Å². The zero-order valence-electron chi connectivity index (χ0n) is 12.8. The van der Waals surface area contributed by atoms with Gasteiger partial charge in [0.15, 0.2) is 0 Å². The Balaban J connectivity index is 2.04. The summed E-state index contributed by atoms with van der Waals surface area (Å²) >= 11 is 0. The van der Waals surface area contributed by atoms with Crippen molar-refractivity contribution in [1.29, 1.82) is 0 Å². The zero-order chi connectivity index (χ0) is 15.5. The van der Waals surface area contributed by atoms with Crippen molar-refractivity contribution in [3.8, 4) is 5.75 Å². The van der Waals surface area contributed by atoms with Gasteiger partial charge in [0.2, 0.25) is 11.8 Å². The quantitative estimate of drug-likeness (QED) is 0.829. The fourth-order valence-electron chi connectivity index (χ4n) is 2.47. The number of methoxy groups -OCH3 is 1. The normalized spacial score (nSPS) is 15.2. The van der Waals surface area contributed by atoms with E-state index in [1.807, 2.05) is 25.1 Å². The van der Waals surface area contributed by atoms with Crippen LogP contribution in [0.25, 0.3) is 0 Å². The molecule has 1 aromatic rings. The van der Waals surface area contributed by atoms with Crippen LogP contribution in [0, 0.1) is 6.92 Å². The molecular weight excluding hydrogens is 268 g/mol. The van der Waals surface area contributed by atoms with Gasteiger partial charge < -0.3 is 15.4 Å². The molecule has 1 aliphatic rings. The van der Waals surface area contributed by atoms with Crippen LogP contribution in [-0.4, -0.2) is 32.5 Å². The molecule has 2 rings (SSSR count). The van der Waals surface area contributed by atoms with Crippen molar-refractivity contribution in [2.75, 3.05) is 20.7 Å². The number of ether oxygens (including phenoxy) is 1. The summed E-state index contributed by atoms with van der Waals surface area (Å²) in [6.07, 6.45) is 1.98. The second-order valence-corrected chi connectivity index (χ2v) is 5.45. The van der Waals surface area contributed by atoms with E-state index in [4.69, 9.17) is 4.74 Å². The number of hydrogen-bond donors (Lipinski definition) is 2. The first kappa shape index (κ1) is 15.4. The molecule has 2 N–H and O–H groups in total. The number of aryl methyl sites for hydroxylation is 1. The average Bonchev–Trinajstić information content (AvgIpc) is 3.29. The predicted octanol–water partition coefficient (Wildman–Crippen LogP) is 1.29. The molecule has 0 bridgehead atoms. The Bertz CT molecular complexity index is 550. The molecule has 0 radical (unpaired) electrons. The molecule has 0 heterocycles. The molecule has 21 heavy (non-hydrogen) atoms. The highest BCUT2D eigenvalue weighted by molar-refractivity contribution is 5.91. The van der Waals surface area contributed by atoms with Gasteiger partial charge in [-0.05, 0) is 37.0 Å². The highest BCUT2D eigenvalue weighted by Gasteiger charge is 2.51. The molecule has 2 amide bonds. The number of benzene rings is 1. The predicted molar refractivity (Wildman–Crippen MR) is 80.3 cm³/mol. The topological polar surface area (TPSA) is 67.4 Å². The molecule has 0 aromatic heterocycles. The smallest absolute Gasteiger partial charge is 0.230 e. The summed E-state index contributed by atoms with van der Waals surface area (Å²) in [5.74, 6) is 0.728. The Morgan fingerprint density at radius 1 is 1.33 bits per heavy atom. The van der Waals surface area contributed by atoms with Crippen LogP contribution >= 0.6 is 0 Å². The van der Waals surface area contributed by atoms with Crippen molar-refractivity contribution in [2.24, 2.45) is 0 Å². The Labute approximate surface area is 125 Å². The van der Waals surface area contributed by atoms with E-state index in [2.05, 4.69) is 10.6 Å². The summed E-state index contributed by atoms with van der Waals surface area (Å²) < 4.78 is 5.33. The molecule has 5 nitrogen and oxygen atoms in total. The maximum Gasteiger partial charge on any atom is 0.230 e. The molecule has 0 spiro atoms. The number of carbonyl (C=O) groups excluding carboxylic acids is 2. The number of carbonyl (C=O) groups is 2. The van der Waals surface area contributed by atoms with Crippen molar-refractivity contribution in [2.45, 2.75) is 31.6 Å². The first-order chi connectivity index (χ1) is 10.0. The minimum Gasteiger partial charge on any atom is -0.496 e. The van der Waals surface area contributed by atoms with Crippen LogP contribution < -0.4 is 15.4 Å². The Kier molecular flexibility index (Phi) is 4.50. The van der Waals surface area contributed by atoms with Crippen molar-refractivity contribution in [3.63, 3.8) is 0 Å². The first-order valence-corrected chi connectivity index (χ1v) is 7.17. The number of hydrogen-bond acceptors (Lipinski definition) is 3. The minimum atomic E-state index is -0.441. The lowest BCUT2D eigenvalue weighted by Crippen LogP contribution is -2.36. The number of nitrogens with one attached hydrogen (secondary N) is 2. The monoisotopic (exact) mass is 290 g/mol. The number of rotatable bonds is 6. The van der Waals surface area contributed by atoms with Gasteiger partial charge in [0.1, 0.15) is 5.75 Å². The van der Waals surface area contributed by atoms with Crippen LogP contribution in [-0.2, 0) is 15.0 Å². The van der Waals surface area contributed by atoms with Gasteiger partial charge in [-0.2, -0.15) is 0 Å². The zero-order valence-corrected chi connectivity index (χ0v) is 12.8. The molecule has 0 unspecified atom stereocenters. The largest absolute Gasteiger partial charge is 0.496 e. The summed E-state index contributed by atoms with van der Waals surface area (Å²) in [6.45, 7) is 2.34. The molecular formula is C16H22N2O3. The van der Waals surface area contributed by atoms with E-state index in [0.29, 0.717) is 13.0 Å². The Morgan fingerprint density at radius 3 is 2.62 bits per heavy atom. The van der Waals surface area contributed by atoms with Crippen LogP contribution in [0.4, 0.5) is 0 Å². The standard InChI is InChI=1S/C16H22N2O3/c1-11-4-5-12(10-13(11)21-3)16(7-8-16)15(20)18-9-6-14(19)17-2/h4-5,10H,6-9H2,1-3H3,(H,17,19)(H,18,20). The van der Waals surface area contributed by atoms with Gasteiger partial charge in [-0.25, -0.2) is 0 Å². The van der Waals surface area contributed by atoms with Crippen LogP contribution in [0.15, 0.2) is 18.2 Å². The third kappa shape index (κ3) is 3.17. The lowest BCUT2D eigenvalue weighted by Gasteiger charge is -2.17. The molecule has 0 atom stereocenters. The van der Waals surface area contributed by atoms with E-state index in [1.54, 1.807) is 14.2 Å². The van der Waals surface area contributed by atoms with E-state index in [0.717, 1.165) is 29.7 Å². The van der Waals surface area contributed by atoms with E-state index < -0.39 is 5.41 Å². The van der Waals surface area contributed by atoms with Gasteiger partial charge in [0, 0.05) is 20.0 Å². The van der Waals surface area contributed by atoms with Crippen LogP contribution in [0.5, 0.6) is 5.75 Å². The Morgan fingerprint density at radius 2 is 2.05 bits per heavy atom. The maximum atomic E-state index is 12.4. The number of amides is 2. The lowest BCUT2D eigenvalue weighted by atomic mass is 9.93. The third-order valence-corrected chi connectivity index (χ3v) is 4.06. The van der Waals surface area contributed by atoms with Gasteiger partial charge >= 0.3 is 0 Å². The van der Waals surface area contributed by atoms with E-state index in [1.165, 1.54) is 0 Å². The highest BCUT2D eigenvalue weighted by Crippen LogP contribution is 2.49. The molecule has 5 heteroatoms. The van der Waals surface area contributed by atoms with Gasteiger partial charge in [0.25, 0.3) is 0 Å². The summed E-state index contributed by atoms with van der Waals surface area (Å²) in [6, 6.07) is 5.91. The summed E-state index contributed by atoms with van der Waals surface area (Å²) in [5.41, 5.74) is 1.60. The van der Waals surface area contributed by atoms with Crippen LogP contribution in [0.2, 0.25) is 0 Å². The molecule has 1 saturated carbocycles. The van der Waals surface area contributed by atoms with Gasteiger partial charge in [-0.15, -0.1) is 0 Å². The second-order valence-electron chi connectivity index (χ2n) is 5.45. The fourth-order valence-corrected chi connectivity index (χ4v) is 2.47.